The lowest BCUT2D eigenvalue weighted by molar-refractivity contribution is -0.143. The Morgan fingerprint density at radius 1 is 1.17 bits per heavy atom. The molecule has 35 heavy (non-hydrogen) atoms. The van der Waals surface area contributed by atoms with Gasteiger partial charge in [-0.2, -0.15) is 0 Å². The molecule has 2 heterocycles. The van der Waals surface area contributed by atoms with Gasteiger partial charge in [0.25, 0.3) is 0 Å². The summed E-state index contributed by atoms with van der Waals surface area (Å²) in [4.78, 5) is 32.6. The van der Waals surface area contributed by atoms with Crippen LogP contribution in [0.15, 0.2) is 75.9 Å². The molecule has 0 aliphatic carbocycles. The molecule has 2 aliphatic rings. The highest BCUT2D eigenvalue weighted by molar-refractivity contribution is 8.16. The lowest BCUT2D eigenvalue weighted by atomic mass is 9.93. The van der Waals surface area contributed by atoms with Gasteiger partial charge in [0.2, 0.25) is 5.91 Å². The molecule has 182 valence electrons. The van der Waals surface area contributed by atoms with E-state index < -0.39 is 12.0 Å². The number of ether oxygens (including phenoxy) is 1. The van der Waals surface area contributed by atoms with Gasteiger partial charge >= 0.3 is 5.97 Å². The van der Waals surface area contributed by atoms with Crippen molar-refractivity contribution in [3.8, 4) is 0 Å². The number of hydrogen-bond acceptors (Lipinski definition) is 6. The predicted molar refractivity (Wildman–Crippen MR) is 136 cm³/mol. The summed E-state index contributed by atoms with van der Waals surface area (Å²) in [5.41, 5.74) is 4.15. The third kappa shape index (κ3) is 5.48. The molecule has 1 atom stereocenters. The van der Waals surface area contributed by atoms with Gasteiger partial charge < -0.3 is 15.0 Å². The molecule has 2 aromatic carbocycles. The first-order chi connectivity index (χ1) is 16.7. The number of halogens is 1. The minimum atomic E-state index is -0.478. The number of allylic oxidation sites excluding steroid dienone is 1. The lowest BCUT2D eigenvalue weighted by Gasteiger charge is -2.36. The van der Waals surface area contributed by atoms with Gasteiger partial charge in [-0.15, -0.1) is 0 Å². The zero-order valence-corrected chi connectivity index (χ0v) is 21.0. The second-order valence-electron chi connectivity index (χ2n) is 8.81. The van der Waals surface area contributed by atoms with E-state index >= 15 is 0 Å². The van der Waals surface area contributed by atoms with E-state index in [1.165, 1.54) is 17.8 Å². The number of nitrogens with zero attached hydrogens (tertiary/aromatic N) is 2. The van der Waals surface area contributed by atoms with Crippen LogP contribution in [0, 0.1) is 12.7 Å². The maximum absolute atomic E-state index is 13.9. The van der Waals surface area contributed by atoms with Crippen molar-refractivity contribution in [2.24, 2.45) is 4.99 Å². The highest BCUT2D eigenvalue weighted by Crippen LogP contribution is 2.45. The van der Waals surface area contributed by atoms with E-state index in [4.69, 9.17) is 4.74 Å². The third-order valence-corrected chi connectivity index (χ3v) is 6.59. The van der Waals surface area contributed by atoms with Gasteiger partial charge in [-0.1, -0.05) is 59.8 Å². The quantitative estimate of drug-likeness (QED) is 0.526. The van der Waals surface area contributed by atoms with Crippen molar-refractivity contribution in [3.63, 3.8) is 0 Å². The van der Waals surface area contributed by atoms with Crippen LogP contribution in [-0.4, -0.2) is 28.0 Å². The molecule has 2 aromatic rings. The summed E-state index contributed by atoms with van der Waals surface area (Å²) in [5.74, 6) is -1.03. The molecule has 0 fully saturated rings. The van der Waals surface area contributed by atoms with Crippen LogP contribution in [0.2, 0.25) is 0 Å². The smallest absolute Gasteiger partial charge is 0.338 e. The monoisotopic (exact) mass is 493 g/mol. The zero-order valence-electron chi connectivity index (χ0n) is 20.2. The average Bonchev–Trinajstić information content (AvgIpc) is 3.18. The van der Waals surface area contributed by atoms with Crippen molar-refractivity contribution in [1.29, 1.82) is 0 Å². The second kappa shape index (κ2) is 10.5. The number of aryl methyl sites for hydroxylation is 1. The van der Waals surface area contributed by atoms with Crippen molar-refractivity contribution in [1.82, 2.24) is 10.2 Å². The maximum atomic E-state index is 13.9. The summed E-state index contributed by atoms with van der Waals surface area (Å²) in [7, 11) is 0. The predicted octanol–water partition coefficient (Wildman–Crippen LogP) is 5.37. The Hall–Kier alpha value is -3.39. The molecule has 1 unspecified atom stereocenters. The molecule has 6 nitrogen and oxygen atoms in total. The van der Waals surface area contributed by atoms with Crippen LogP contribution in [-0.2, 0) is 20.9 Å². The molecule has 0 spiro atoms. The summed E-state index contributed by atoms with van der Waals surface area (Å²) in [6.07, 6.45) is -0.215. The average molecular weight is 494 g/mol. The minimum absolute atomic E-state index is 0.0638. The summed E-state index contributed by atoms with van der Waals surface area (Å²) in [5, 5.41) is 5.38. The molecular weight excluding hydrogens is 465 g/mol. The summed E-state index contributed by atoms with van der Waals surface area (Å²) < 4.78 is 19.5. The maximum Gasteiger partial charge on any atom is 0.338 e. The summed E-state index contributed by atoms with van der Waals surface area (Å²) in [6, 6.07) is 13.8. The Morgan fingerprint density at radius 2 is 1.94 bits per heavy atom. The van der Waals surface area contributed by atoms with Crippen LogP contribution in [0.1, 0.15) is 49.9 Å². The highest BCUT2D eigenvalue weighted by Gasteiger charge is 2.41. The number of benzene rings is 2. The molecule has 0 saturated carbocycles. The molecular formula is C27H28FN3O3S. The molecule has 0 radical (unpaired) electrons. The molecule has 2 aliphatic heterocycles. The van der Waals surface area contributed by atoms with Crippen LogP contribution in [0.4, 0.5) is 4.39 Å². The van der Waals surface area contributed by atoms with Gasteiger partial charge in [-0.05, 0) is 44.7 Å². The van der Waals surface area contributed by atoms with E-state index in [9.17, 15) is 14.0 Å². The largest absolute Gasteiger partial charge is 0.459 e. The van der Waals surface area contributed by atoms with Gasteiger partial charge in [0.05, 0.1) is 29.8 Å². The van der Waals surface area contributed by atoms with Crippen LogP contribution >= 0.6 is 11.8 Å². The Morgan fingerprint density at radius 3 is 2.66 bits per heavy atom. The second-order valence-corrected chi connectivity index (χ2v) is 9.64. The minimum Gasteiger partial charge on any atom is -0.459 e. The number of carbonyl (C=O) groups excluding carboxylic acids is 2. The van der Waals surface area contributed by atoms with Gasteiger partial charge in [0.15, 0.2) is 5.17 Å². The number of nitrogens with one attached hydrogen (secondary N) is 1. The van der Waals surface area contributed by atoms with Crippen molar-refractivity contribution < 1.29 is 18.7 Å². The van der Waals surface area contributed by atoms with Gasteiger partial charge in [0.1, 0.15) is 5.82 Å². The number of amides is 1. The first-order valence-corrected chi connectivity index (χ1v) is 12.3. The Labute approximate surface area is 209 Å². The molecule has 4 rings (SSSR count). The van der Waals surface area contributed by atoms with E-state index in [0.29, 0.717) is 27.7 Å². The molecule has 1 amide bonds. The third-order valence-electron chi connectivity index (χ3n) is 5.70. The van der Waals surface area contributed by atoms with Crippen LogP contribution in [0.3, 0.4) is 0 Å². The van der Waals surface area contributed by atoms with Crippen LogP contribution < -0.4 is 5.32 Å². The standard InChI is InChI=1S/C27H28FN3O3S/c1-16(2)34-26(33)24-18(4)30-27-31(25(24)19-10-7-8-17(3)12-19)21(15-35-27)13-23(32)29-14-20-9-5-6-11-22(20)28/h5-12,15-16,25H,13-14H2,1-4H3,(H,29,32). The fourth-order valence-electron chi connectivity index (χ4n) is 4.13. The number of esters is 1. The summed E-state index contributed by atoms with van der Waals surface area (Å²) in [6.45, 7) is 7.52. The number of aliphatic imine (C=N–C) groups is 1. The first kappa shape index (κ1) is 24.7. The van der Waals surface area contributed by atoms with Gasteiger partial charge in [-0.25, -0.2) is 14.2 Å². The van der Waals surface area contributed by atoms with Crippen LogP contribution in [0.5, 0.6) is 0 Å². The highest BCUT2D eigenvalue weighted by atomic mass is 32.2. The number of amidine groups is 1. The fraction of sp³-hybridized carbons (Fsp3) is 0.296. The Balaban J connectivity index is 1.62. The number of carbonyl (C=O) groups is 2. The Bertz CT molecular complexity index is 1250. The van der Waals surface area contributed by atoms with E-state index in [1.54, 1.807) is 18.2 Å². The molecule has 0 aromatic heterocycles. The van der Waals surface area contributed by atoms with E-state index in [2.05, 4.69) is 10.3 Å². The first-order valence-electron chi connectivity index (χ1n) is 11.5. The van der Waals surface area contributed by atoms with Crippen molar-refractivity contribution in [2.45, 2.75) is 52.8 Å². The topological polar surface area (TPSA) is 71.0 Å². The summed E-state index contributed by atoms with van der Waals surface area (Å²) >= 11 is 1.41. The van der Waals surface area contributed by atoms with Crippen LogP contribution in [0.25, 0.3) is 0 Å². The number of hydrogen-bond donors (Lipinski definition) is 1. The van der Waals surface area contributed by atoms with Gasteiger partial charge in [-0.3, -0.25) is 4.79 Å². The normalized spacial score (nSPS) is 17.2. The van der Waals surface area contributed by atoms with Crippen molar-refractivity contribution >= 4 is 28.8 Å². The molecule has 8 heteroatoms. The SMILES string of the molecule is CC1=C(C(=O)OC(C)C)C(c2cccc(C)c2)N2C(CC(=O)NCc3ccccc3F)=CSC2=N1. The van der Waals surface area contributed by atoms with Crippen molar-refractivity contribution in [3.05, 3.63) is 93.4 Å². The van der Waals surface area contributed by atoms with E-state index in [1.807, 2.05) is 62.3 Å². The number of fused-ring (bicyclic) bond motifs is 1. The Kier molecular flexibility index (Phi) is 7.40. The zero-order chi connectivity index (χ0) is 25.1. The lowest BCUT2D eigenvalue weighted by Crippen LogP contribution is -2.38. The molecule has 0 saturated heterocycles. The fourth-order valence-corrected chi connectivity index (χ4v) is 5.09. The van der Waals surface area contributed by atoms with E-state index in [-0.39, 0.29) is 30.8 Å². The van der Waals surface area contributed by atoms with E-state index in [0.717, 1.165) is 11.1 Å². The van der Waals surface area contributed by atoms with Gasteiger partial charge in [0, 0.05) is 17.8 Å². The number of thioether (sulfide) groups is 1. The number of rotatable bonds is 7. The molecule has 1 N–H and O–H groups in total. The molecule has 0 bridgehead atoms. The van der Waals surface area contributed by atoms with Crippen molar-refractivity contribution in [2.75, 3.05) is 0 Å².